The van der Waals surface area contributed by atoms with E-state index in [1.807, 2.05) is 36.6 Å². The van der Waals surface area contributed by atoms with E-state index in [0.29, 0.717) is 5.69 Å². The summed E-state index contributed by atoms with van der Waals surface area (Å²) >= 11 is 7.56. The zero-order valence-corrected chi connectivity index (χ0v) is 15.6. The van der Waals surface area contributed by atoms with Crippen molar-refractivity contribution >= 4 is 33.4 Å². The Kier molecular flexibility index (Phi) is 5.10. The fraction of sp³-hybridized carbons (Fsp3) is 0.0588. The molecule has 0 amide bonds. The Balaban J connectivity index is 2.24. The molecule has 3 rings (SSSR count). The van der Waals surface area contributed by atoms with Crippen LogP contribution in [-0.2, 0) is 10.0 Å². The predicted molar refractivity (Wildman–Crippen MR) is 101 cm³/mol. The molecule has 5 nitrogen and oxygen atoms in total. The Bertz CT molecular complexity index is 1010. The van der Waals surface area contributed by atoms with Gasteiger partial charge in [0.05, 0.1) is 10.6 Å². The van der Waals surface area contributed by atoms with Crippen LogP contribution in [0.4, 0.5) is 0 Å². The van der Waals surface area contributed by atoms with Crippen molar-refractivity contribution in [3.63, 3.8) is 0 Å². The standard InChI is InChI=1S/C17H14ClN3O2S2/c1-24-16-14(11-5-3-2-4-6-11)15(20-17(18)21-16)12-7-9-13(10-8-12)25(19,22)23/h2-10H,1H3,(H2,19,22,23). The van der Waals surface area contributed by atoms with Crippen molar-refractivity contribution in [3.05, 3.63) is 59.9 Å². The van der Waals surface area contributed by atoms with Crippen molar-refractivity contribution in [2.24, 2.45) is 5.14 Å². The molecule has 25 heavy (non-hydrogen) atoms. The number of halogens is 1. The fourth-order valence-corrected chi connectivity index (χ4v) is 3.77. The second kappa shape index (κ2) is 7.13. The predicted octanol–water partition coefficient (Wildman–Crippen LogP) is 3.83. The van der Waals surface area contributed by atoms with E-state index < -0.39 is 10.0 Å². The van der Waals surface area contributed by atoms with Gasteiger partial charge in [-0.3, -0.25) is 0 Å². The number of benzene rings is 2. The van der Waals surface area contributed by atoms with Gasteiger partial charge in [-0.05, 0) is 35.6 Å². The lowest BCUT2D eigenvalue weighted by Crippen LogP contribution is -2.11. The zero-order valence-electron chi connectivity index (χ0n) is 13.2. The van der Waals surface area contributed by atoms with Gasteiger partial charge in [-0.2, -0.15) is 0 Å². The van der Waals surface area contributed by atoms with E-state index in [4.69, 9.17) is 16.7 Å². The summed E-state index contributed by atoms with van der Waals surface area (Å²) in [5, 5.41) is 6.04. The van der Waals surface area contributed by atoms with E-state index >= 15 is 0 Å². The van der Waals surface area contributed by atoms with Crippen LogP contribution in [0.1, 0.15) is 0 Å². The molecule has 0 fully saturated rings. The molecule has 0 atom stereocenters. The summed E-state index contributed by atoms with van der Waals surface area (Å²) in [6.07, 6.45) is 1.92. The van der Waals surface area contributed by atoms with Crippen LogP contribution in [0.2, 0.25) is 5.28 Å². The average Bonchev–Trinajstić information content (AvgIpc) is 2.61. The first-order valence-electron chi connectivity index (χ1n) is 7.20. The molecule has 128 valence electrons. The first-order valence-corrected chi connectivity index (χ1v) is 10.4. The average molecular weight is 392 g/mol. The molecular weight excluding hydrogens is 378 g/mol. The molecular formula is C17H14ClN3O2S2. The highest BCUT2D eigenvalue weighted by molar-refractivity contribution is 7.98. The van der Waals surface area contributed by atoms with Crippen molar-refractivity contribution in [3.8, 4) is 22.4 Å². The number of nitrogens with two attached hydrogens (primary N) is 1. The molecule has 0 bridgehead atoms. The van der Waals surface area contributed by atoms with Crippen molar-refractivity contribution in [2.75, 3.05) is 6.26 Å². The van der Waals surface area contributed by atoms with Crippen LogP contribution in [0.3, 0.4) is 0 Å². The third-order valence-corrected chi connectivity index (χ3v) is 5.34. The minimum absolute atomic E-state index is 0.0442. The van der Waals surface area contributed by atoms with Gasteiger partial charge in [0, 0.05) is 11.1 Å². The lowest BCUT2D eigenvalue weighted by molar-refractivity contribution is 0.598. The smallest absolute Gasteiger partial charge is 0.225 e. The van der Waals surface area contributed by atoms with Gasteiger partial charge >= 0.3 is 0 Å². The largest absolute Gasteiger partial charge is 0.238 e. The van der Waals surface area contributed by atoms with Crippen LogP contribution in [-0.4, -0.2) is 24.6 Å². The van der Waals surface area contributed by atoms with Crippen molar-refractivity contribution in [2.45, 2.75) is 9.92 Å². The van der Waals surface area contributed by atoms with E-state index in [-0.39, 0.29) is 10.2 Å². The molecule has 0 unspecified atom stereocenters. The second-order valence-corrected chi connectivity index (χ2v) is 7.86. The first kappa shape index (κ1) is 17.9. The molecule has 2 aromatic carbocycles. The van der Waals surface area contributed by atoms with Crippen LogP contribution < -0.4 is 5.14 Å². The summed E-state index contributed by atoms with van der Waals surface area (Å²) in [4.78, 5) is 8.74. The number of thioether (sulfide) groups is 1. The summed E-state index contributed by atoms with van der Waals surface area (Å²) in [5.74, 6) is 0. The van der Waals surface area contributed by atoms with Gasteiger partial charge in [0.2, 0.25) is 15.3 Å². The summed E-state index contributed by atoms with van der Waals surface area (Å²) in [7, 11) is -3.75. The summed E-state index contributed by atoms with van der Waals surface area (Å²) in [5.41, 5.74) is 3.16. The van der Waals surface area contributed by atoms with E-state index in [2.05, 4.69) is 9.97 Å². The van der Waals surface area contributed by atoms with Gasteiger partial charge < -0.3 is 0 Å². The van der Waals surface area contributed by atoms with Crippen LogP contribution in [0, 0.1) is 0 Å². The topological polar surface area (TPSA) is 85.9 Å². The Labute approximate surface area is 155 Å². The third kappa shape index (κ3) is 3.85. The van der Waals surface area contributed by atoms with Crippen LogP contribution in [0.25, 0.3) is 22.4 Å². The Morgan fingerprint density at radius 1 is 0.960 bits per heavy atom. The highest BCUT2D eigenvalue weighted by atomic mass is 35.5. The minimum Gasteiger partial charge on any atom is -0.225 e. The van der Waals surface area contributed by atoms with Crippen molar-refractivity contribution in [1.29, 1.82) is 0 Å². The molecule has 0 radical (unpaired) electrons. The second-order valence-electron chi connectivity index (χ2n) is 5.16. The molecule has 8 heteroatoms. The number of hydrogen-bond donors (Lipinski definition) is 1. The number of primary sulfonamides is 1. The molecule has 0 aliphatic heterocycles. The summed E-state index contributed by atoms with van der Waals surface area (Å²) < 4.78 is 22.9. The lowest BCUT2D eigenvalue weighted by Gasteiger charge is -2.13. The van der Waals surface area contributed by atoms with Gasteiger partial charge in [-0.25, -0.2) is 23.5 Å². The van der Waals surface area contributed by atoms with E-state index in [9.17, 15) is 8.42 Å². The molecule has 0 spiro atoms. The fourth-order valence-electron chi connectivity index (χ4n) is 2.44. The van der Waals surface area contributed by atoms with Crippen molar-refractivity contribution < 1.29 is 8.42 Å². The monoisotopic (exact) mass is 391 g/mol. The van der Waals surface area contributed by atoms with Gasteiger partial charge in [0.15, 0.2) is 0 Å². The number of aromatic nitrogens is 2. The van der Waals surface area contributed by atoms with Crippen LogP contribution in [0.5, 0.6) is 0 Å². The third-order valence-electron chi connectivity index (χ3n) is 3.56. The van der Waals surface area contributed by atoms with E-state index in [1.54, 1.807) is 12.1 Å². The maximum absolute atomic E-state index is 11.5. The minimum atomic E-state index is -3.75. The number of nitrogens with zero attached hydrogens (tertiary/aromatic N) is 2. The Hall–Kier alpha value is -1.93. The van der Waals surface area contributed by atoms with E-state index in [1.165, 1.54) is 23.9 Å². The number of rotatable bonds is 4. The van der Waals surface area contributed by atoms with Gasteiger partial charge in [-0.1, -0.05) is 42.5 Å². The molecule has 0 aliphatic carbocycles. The molecule has 2 N–H and O–H groups in total. The Morgan fingerprint density at radius 3 is 2.16 bits per heavy atom. The SMILES string of the molecule is CSc1nc(Cl)nc(-c2ccc(S(N)(=O)=O)cc2)c1-c1ccccc1. The summed E-state index contributed by atoms with van der Waals surface area (Å²) in [6, 6.07) is 16.0. The maximum atomic E-state index is 11.5. The molecule has 3 aromatic rings. The molecule has 1 heterocycles. The van der Waals surface area contributed by atoms with Gasteiger partial charge in [-0.15, -0.1) is 11.8 Å². The number of sulfonamides is 1. The normalized spacial score (nSPS) is 11.5. The quantitative estimate of drug-likeness (QED) is 0.415. The van der Waals surface area contributed by atoms with Crippen molar-refractivity contribution in [1.82, 2.24) is 9.97 Å². The van der Waals surface area contributed by atoms with Gasteiger partial charge in [0.25, 0.3) is 0 Å². The number of hydrogen-bond acceptors (Lipinski definition) is 5. The summed E-state index contributed by atoms with van der Waals surface area (Å²) in [6.45, 7) is 0. The maximum Gasteiger partial charge on any atom is 0.238 e. The highest BCUT2D eigenvalue weighted by Crippen LogP contribution is 2.37. The molecule has 1 aromatic heterocycles. The van der Waals surface area contributed by atoms with Gasteiger partial charge in [0.1, 0.15) is 5.03 Å². The van der Waals surface area contributed by atoms with Crippen LogP contribution in [0.15, 0.2) is 64.5 Å². The zero-order chi connectivity index (χ0) is 18.0. The molecule has 0 aliphatic rings. The van der Waals surface area contributed by atoms with Crippen LogP contribution >= 0.6 is 23.4 Å². The first-order chi connectivity index (χ1) is 11.9. The van der Waals surface area contributed by atoms with E-state index in [0.717, 1.165) is 21.7 Å². The Morgan fingerprint density at radius 2 is 1.60 bits per heavy atom. The molecule has 0 saturated heterocycles. The lowest BCUT2D eigenvalue weighted by atomic mass is 10.0. The molecule has 0 saturated carbocycles. The highest BCUT2D eigenvalue weighted by Gasteiger charge is 2.17.